The maximum atomic E-state index is 4.94. The van der Waals surface area contributed by atoms with Crippen LogP contribution in [0.2, 0.25) is 0 Å². The molecule has 0 saturated heterocycles. The first-order valence-electron chi connectivity index (χ1n) is 16.7. The predicted octanol–water partition coefficient (Wildman–Crippen LogP) is 11.6. The van der Waals surface area contributed by atoms with Crippen molar-refractivity contribution in [3.63, 3.8) is 0 Å². The number of fused-ring (bicyclic) bond motifs is 2. The third kappa shape index (κ3) is 5.49. The van der Waals surface area contributed by atoms with Gasteiger partial charge in [-0.2, -0.15) is 0 Å². The van der Waals surface area contributed by atoms with Crippen molar-refractivity contribution in [3.8, 4) is 67.5 Å². The van der Waals surface area contributed by atoms with E-state index in [9.17, 15) is 0 Å². The van der Waals surface area contributed by atoms with E-state index in [0.717, 1.165) is 38.7 Å². The lowest BCUT2D eigenvalue weighted by Crippen LogP contribution is -2.00. The van der Waals surface area contributed by atoms with Crippen LogP contribution in [-0.4, -0.2) is 19.9 Å². The SMILES string of the molecule is c1ccc(-c2nc(-c3ccccc3)nc(-c3ccc(-c4c(-c5ccc(-c6cccc7ncccc67)cc5)ccc5ccccc45)cc3)n2)cc1. The number of aromatic nitrogens is 4. The Morgan fingerprint density at radius 3 is 1.48 bits per heavy atom. The van der Waals surface area contributed by atoms with Crippen molar-refractivity contribution in [2.45, 2.75) is 0 Å². The van der Waals surface area contributed by atoms with Gasteiger partial charge in [0.25, 0.3) is 0 Å². The lowest BCUT2D eigenvalue weighted by atomic mass is 9.88. The number of hydrogen-bond acceptors (Lipinski definition) is 4. The summed E-state index contributed by atoms with van der Waals surface area (Å²) in [5.74, 6) is 1.94. The molecule has 0 aliphatic carbocycles. The van der Waals surface area contributed by atoms with Crippen LogP contribution in [-0.2, 0) is 0 Å². The van der Waals surface area contributed by atoms with Gasteiger partial charge in [0.05, 0.1) is 5.52 Å². The zero-order valence-corrected chi connectivity index (χ0v) is 27.1. The Bertz CT molecular complexity index is 2550. The molecule has 9 aromatic rings. The van der Waals surface area contributed by atoms with E-state index in [-0.39, 0.29) is 0 Å². The van der Waals surface area contributed by atoms with Crippen molar-refractivity contribution in [1.29, 1.82) is 0 Å². The zero-order chi connectivity index (χ0) is 33.3. The summed E-state index contributed by atoms with van der Waals surface area (Å²) in [6.07, 6.45) is 1.84. The Hall–Kier alpha value is -6.78. The molecule has 0 atom stereocenters. The summed E-state index contributed by atoms with van der Waals surface area (Å²) in [6.45, 7) is 0. The van der Waals surface area contributed by atoms with Crippen LogP contribution in [0.3, 0.4) is 0 Å². The highest BCUT2D eigenvalue weighted by Gasteiger charge is 2.15. The van der Waals surface area contributed by atoms with E-state index in [0.29, 0.717) is 17.5 Å². The highest BCUT2D eigenvalue weighted by molar-refractivity contribution is 6.04. The van der Waals surface area contributed by atoms with Crippen LogP contribution >= 0.6 is 0 Å². The van der Waals surface area contributed by atoms with Gasteiger partial charge < -0.3 is 0 Å². The van der Waals surface area contributed by atoms with Crippen molar-refractivity contribution < 1.29 is 0 Å². The molecule has 9 rings (SSSR count). The fourth-order valence-electron chi connectivity index (χ4n) is 6.73. The molecule has 50 heavy (non-hydrogen) atoms. The fourth-order valence-corrected chi connectivity index (χ4v) is 6.73. The minimum absolute atomic E-state index is 0.640. The third-order valence-corrected chi connectivity index (χ3v) is 9.21. The molecule has 0 N–H and O–H groups in total. The van der Waals surface area contributed by atoms with Crippen molar-refractivity contribution in [2.75, 3.05) is 0 Å². The van der Waals surface area contributed by atoms with Gasteiger partial charge in [0, 0.05) is 28.3 Å². The third-order valence-electron chi connectivity index (χ3n) is 9.21. The standard InChI is InChI=1S/C46H30N4/c1-3-12-35(13-4-1)44-48-45(36-14-5-2-6-15-36)50-46(49-44)37-26-24-34(25-27-37)43-39-16-8-7-11-31(39)28-29-40(43)33-22-20-32(21-23-33)38-17-9-19-42-41(38)18-10-30-47-42/h1-30H. The highest BCUT2D eigenvalue weighted by Crippen LogP contribution is 2.40. The van der Waals surface area contributed by atoms with Crippen LogP contribution in [0.1, 0.15) is 0 Å². The second-order valence-corrected chi connectivity index (χ2v) is 12.3. The highest BCUT2D eigenvalue weighted by atomic mass is 15.0. The van der Waals surface area contributed by atoms with E-state index >= 15 is 0 Å². The largest absolute Gasteiger partial charge is 0.256 e. The molecule has 4 nitrogen and oxygen atoms in total. The Kier molecular flexibility index (Phi) is 7.45. The topological polar surface area (TPSA) is 51.6 Å². The normalized spacial score (nSPS) is 11.2. The van der Waals surface area contributed by atoms with Crippen LogP contribution in [0, 0.1) is 0 Å². The molecule has 0 spiro atoms. The van der Waals surface area contributed by atoms with Crippen molar-refractivity contribution in [1.82, 2.24) is 19.9 Å². The van der Waals surface area contributed by atoms with E-state index < -0.39 is 0 Å². The molecule has 234 valence electrons. The first-order chi connectivity index (χ1) is 24.8. The summed E-state index contributed by atoms with van der Waals surface area (Å²) < 4.78 is 0. The Balaban J connectivity index is 1.13. The molecule has 7 aromatic carbocycles. The Morgan fingerprint density at radius 1 is 0.300 bits per heavy atom. The van der Waals surface area contributed by atoms with Gasteiger partial charge >= 0.3 is 0 Å². The van der Waals surface area contributed by atoms with Crippen molar-refractivity contribution in [2.24, 2.45) is 0 Å². The van der Waals surface area contributed by atoms with Crippen LogP contribution in [0.5, 0.6) is 0 Å². The molecular weight excluding hydrogens is 609 g/mol. The lowest BCUT2D eigenvalue weighted by Gasteiger charge is -2.15. The van der Waals surface area contributed by atoms with Crippen LogP contribution in [0.25, 0.3) is 89.2 Å². The molecule has 0 amide bonds. The summed E-state index contributed by atoms with van der Waals surface area (Å²) in [5, 5.41) is 3.56. The van der Waals surface area contributed by atoms with Gasteiger partial charge in [0.15, 0.2) is 17.5 Å². The molecule has 0 aliphatic heterocycles. The second-order valence-electron chi connectivity index (χ2n) is 12.3. The molecule has 0 unspecified atom stereocenters. The summed E-state index contributed by atoms with van der Waals surface area (Å²) in [5.41, 5.74) is 10.9. The van der Waals surface area contributed by atoms with Crippen LogP contribution in [0.4, 0.5) is 0 Å². The van der Waals surface area contributed by atoms with Crippen LogP contribution in [0.15, 0.2) is 182 Å². The monoisotopic (exact) mass is 638 g/mol. The fraction of sp³-hybridized carbons (Fsp3) is 0. The first kappa shape index (κ1) is 29.4. The minimum atomic E-state index is 0.640. The number of benzene rings is 7. The summed E-state index contributed by atoms with van der Waals surface area (Å²) in [6, 6.07) is 61.2. The number of hydrogen-bond donors (Lipinski definition) is 0. The van der Waals surface area contributed by atoms with Crippen molar-refractivity contribution >= 4 is 21.7 Å². The molecule has 0 fully saturated rings. The van der Waals surface area contributed by atoms with E-state index in [1.165, 1.54) is 33.0 Å². The van der Waals surface area contributed by atoms with Gasteiger partial charge in [-0.05, 0) is 56.3 Å². The van der Waals surface area contributed by atoms with E-state index in [2.05, 4.69) is 114 Å². The minimum Gasteiger partial charge on any atom is -0.256 e. The van der Waals surface area contributed by atoms with Crippen molar-refractivity contribution in [3.05, 3.63) is 182 Å². The quantitative estimate of drug-likeness (QED) is 0.182. The molecule has 2 heterocycles. The predicted molar refractivity (Wildman–Crippen MR) is 205 cm³/mol. The number of rotatable bonds is 6. The van der Waals surface area contributed by atoms with Crippen LogP contribution < -0.4 is 0 Å². The van der Waals surface area contributed by atoms with Gasteiger partial charge in [-0.1, -0.05) is 164 Å². The van der Waals surface area contributed by atoms with Gasteiger partial charge in [-0.3, -0.25) is 4.98 Å². The molecule has 2 aromatic heterocycles. The van der Waals surface area contributed by atoms with Gasteiger partial charge in [-0.25, -0.2) is 15.0 Å². The maximum absolute atomic E-state index is 4.94. The molecule has 4 heteroatoms. The zero-order valence-electron chi connectivity index (χ0n) is 27.1. The summed E-state index contributed by atoms with van der Waals surface area (Å²) in [4.78, 5) is 19.3. The first-order valence-corrected chi connectivity index (χ1v) is 16.7. The van der Waals surface area contributed by atoms with Gasteiger partial charge in [-0.15, -0.1) is 0 Å². The molecular formula is C46H30N4. The van der Waals surface area contributed by atoms with Gasteiger partial charge in [0.1, 0.15) is 0 Å². The molecule has 0 aliphatic rings. The number of nitrogens with zero attached hydrogens (tertiary/aromatic N) is 4. The Morgan fingerprint density at radius 2 is 0.820 bits per heavy atom. The molecule has 0 saturated carbocycles. The van der Waals surface area contributed by atoms with E-state index in [4.69, 9.17) is 15.0 Å². The molecule has 0 radical (unpaired) electrons. The average Bonchev–Trinajstić information content (AvgIpc) is 3.21. The summed E-state index contributed by atoms with van der Waals surface area (Å²) in [7, 11) is 0. The summed E-state index contributed by atoms with van der Waals surface area (Å²) >= 11 is 0. The maximum Gasteiger partial charge on any atom is 0.164 e. The van der Waals surface area contributed by atoms with E-state index in [1.807, 2.05) is 72.9 Å². The lowest BCUT2D eigenvalue weighted by molar-refractivity contribution is 1.07. The second kappa shape index (κ2) is 12.7. The molecule has 0 bridgehead atoms. The smallest absolute Gasteiger partial charge is 0.164 e. The van der Waals surface area contributed by atoms with Gasteiger partial charge in [0.2, 0.25) is 0 Å². The average molecular weight is 639 g/mol. The Labute approximate surface area is 290 Å². The number of pyridine rings is 1. The van der Waals surface area contributed by atoms with E-state index in [1.54, 1.807) is 0 Å².